The van der Waals surface area contributed by atoms with Crippen LogP contribution in [0.15, 0.2) is 29.5 Å². The maximum Gasteiger partial charge on any atom is 0.337 e. The van der Waals surface area contributed by atoms with Crippen molar-refractivity contribution in [3.63, 3.8) is 0 Å². The van der Waals surface area contributed by atoms with Gasteiger partial charge < -0.3 is 20.1 Å². The second-order valence-electron chi connectivity index (χ2n) is 4.84. The van der Waals surface area contributed by atoms with E-state index in [0.717, 1.165) is 19.2 Å². The number of amides is 1. The predicted octanol–water partition coefficient (Wildman–Crippen LogP) is 0.407. The van der Waals surface area contributed by atoms with E-state index in [4.69, 9.17) is 5.11 Å². The van der Waals surface area contributed by atoms with Gasteiger partial charge in [-0.3, -0.25) is 14.9 Å². The van der Waals surface area contributed by atoms with Gasteiger partial charge in [-0.05, 0) is 12.1 Å². The average Bonchev–Trinajstić information content (AvgIpc) is 2.85. The van der Waals surface area contributed by atoms with Crippen LogP contribution in [0.5, 0.6) is 0 Å². The number of methoxy groups -OCH3 is 1. The number of carbonyl (C=O) groups excluding carboxylic acids is 2. The van der Waals surface area contributed by atoms with E-state index in [1.807, 2.05) is 0 Å². The number of nitro benzene ring substituents is 1. The van der Waals surface area contributed by atoms with Crippen LogP contribution in [0.25, 0.3) is 0 Å². The lowest BCUT2D eigenvalue weighted by molar-refractivity contribution is -0.384. The Morgan fingerprint density at radius 1 is 1.54 bits per heavy atom. The number of benzene rings is 1. The molecular formula is C14H14FN3O6. The van der Waals surface area contributed by atoms with Gasteiger partial charge in [-0.25, -0.2) is 9.18 Å². The Morgan fingerprint density at radius 3 is 2.83 bits per heavy atom. The average molecular weight is 339 g/mol. The molecule has 9 nitrogen and oxygen atoms in total. The smallest absolute Gasteiger partial charge is 0.337 e. The lowest BCUT2D eigenvalue weighted by atomic mass is 10.2. The second kappa shape index (κ2) is 7.04. The second-order valence-corrected chi connectivity index (χ2v) is 4.84. The minimum Gasteiger partial charge on any atom is -0.466 e. The van der Waals surface area contributed by atoms with Crippen molar-refractivity contribution in [2.24, 2.45) is 0 Å². The summed E-state index contributed by atoms with van der Waals surface area (Å²) in [5.41, 5.74) is -0.961. The standard InChI is InChI=1S/C14H14FN3O6/c1-24-14(21)9-7-17(4-5-19)13(20)12(9)16-10-3-2-8(15)6-11(10)18(22)23/h2-3,6,16,19H,4-5,7H2,1H3. The van der Waals surface area contributed by atoms with Crippen molar-refractivity contribution >= 4 is 23.3 Å². The van der Waals surface area contributed by atoms with E-state index in [1.54, 1.807) is 0 Å². The number of nitrogens with zero attached hydrogens (tertiary/aromatic N) is 2. The minimum atomic E-state index is -0.811. The quantitative estimate of drug-likeness (QED) is 0.437. The SMILES string of the molecule is COC(=O)C1=C(Nc2ccc(F)cc2[N+](=O)[O-])C(=O)N(CCO)C1. The van der Waals surface area contributed by atoms with E-state index in [9.17, 15) is 24.1 Å². The molecular weight excluding hydrogens is 325 g/mol. The van der Waals surface area contributed by atoms with Crippen LogP contribution in [0.3, 0.4) is 0 Å². The minimum absolute atomic E-state index is 0.0178. The fourth-order valence-electron chi connectivity index (χ4n) is 2.25. The molecule has 1 aromatic carbocycles. The van der Waals surface area contributed by atoms with E-state index in [-0.39, 0.29) is 36.7 Å². The number of hydrogen-bond donors (Lipinski definition) is 2. The zero-order valence-corrected chi connectivity index (χ0v) is 12.6. The van der Waals surface area contributed by atoms with Gasteiger partial charge in [0.25, 0.3) is 11.6 Å². The molecule has 0 unspecified atom stereocenters. The van der Waals surface area contributed by atoms with E-state index in [0.29, 0.717) is 6.07 Å². The summed E-state index contributed by atoms with van der Waals surface area (Å²) in [7, 11) is 1.13. The third kappa shape index (κ3) is 3.33. The zero-order chi connectivity index (χ0) is 17.9. The van der Waals surface area contributed by atoms with Crippen LogP contribution in [-0.2, 0) is 14.3 Å². The van der Waals surface area contributed by atoms with Gasteiger partial charge in [0.05, 0.1) is 36.8 Å². The van der Waals surface area contributed by atoms with Crippen LogP contribution >= 0.6 is 0 Å². The highest BCUT2D eigenvalue weighted by Crippen LogP contribution is 2.29. The summed E-state index contributed by atoms with van der Waals surface area (Å²) in [6.45, 7) is -0.441. The molecule has 0 spiro atoms. The van der Waals surface area contributed by atoms with Crippen molar-refractivity contribution in [1.29, 1.82) is 0 Å². The Bertz CT molecular complexity index is 733. The highest BCUT2D eigenvalue weighted by molar-refractivity contribution is 6.08. The molecule has 0 saturated carbocycles. The summed E-state index contributed by atoms with van der Waals surface area (Å²) in [6.07, 6.45) is 0. The Morgan fingerprint density at radius 2 is 2.25 bits per heavy atom. The first kappa shape index (κ1) is 17.3. The largest absolute Gasteiger partial charge is 0.466 e. The number of nitrogens with one attached hydrogen (secondary N) is 1. The van der Waals surface area contributed by atoms with Crippen molar-refractivity contribution < 1.29 is 28.7 Å². The van der Waals surface area contributed by atoms with Gasteiger partial charge in [0, 0.05) is 6.54 Å². The summed E-state index contributed by atoms with van der Waals surface area (Å²) in [5.74, 6) is -2.21. The van der Waals surface area contributed by atoms with Crippen LogP contribution < -0.4 is 5.32 Å². The number of nitro groups is 1. The fraction of sp³-hybridized carbons (Fsp3) is 0.286. The molecule has 1 amide bonds. The molecule has 2 rings (SSSR count). The molecule has 1 aliphatic rings. The number of ether oxygens (including phenoxy) is 1. The number of esters is 1. The molecule has 0 fully saturated rings. The molecule has 0 bridgehead atoms. The molecule has 0 aromatic heterocycles. The highest BCUT2D eigenvalue weighted by Gasteiger charge is 2.35. The number of anilines is 1. The molecule has 1 aliphatic heterocycles. The highest BCUT2D eigenvalue weighted by atomic mass is 19.1. The van der Waals surface area contributed by atoms with Crippen LogP contribution in [-0.4, -0.2) is 53.6 Å². The lowest BCUT2D eigenvalue weighted by Crippen LogP contribution is -2.31. The van der Waals surface area contributed by atoms with E-state index in [1.165, 1.54) is 4.90 Å². The number of halogens is 1. The van der Waals surface area contributed by atoms with Gasteiger partial charge in [0.1, 0.15) is 17.2 Å². The Kier molecular flexibility index (Phi) is 5.09. The summed E-state index contributed by atoms with van der Waals surface area (Å²) in [5, 5.41) is 22.5. The van der Waals surface area contributed by atoms with Crippen LogP contribution in [0, 0.1) is 15.9 Å². The van der Waals surface area contributed by atoms with E-state index >= 15 is 0 Å². The summed E-state index contributed by atoms with van der Waals surface area (Å²) < 4.78 is 17.8. The van der Waals surface area contributed by atoms with Crippen molar-refractivity contribution in [3.05, 3.63) is 45.4 Å². The number of aliphatic hydroxyl groups is 1. The van der Waals surface area contributed by atoms with Gasteiger partial charge in [-0.15, -0.1) is 0 Å². The molecule has 2 N–H and O–H groups in total. The maximum absolute atomic E-state index is 13.2. The molecule has 24 heavy (non-hydrogen) atoms. The van der Waals surface area contributed by atoms with E-state index < -0.39 is 28.3 Å². The number of aliphatic hydroxyl groups excluding tert-OH is 1. The molecule has 128 valence electrons. The molecule has 0 saturated heterocycles. The van der Waals surface area contributed by atoms with Gasteiger partial charge in [-0.2, -0.15) is 0 Å². The van der Waals surface area contributed by atoms with E-state index in [2.05, 4.69) is 10.1 Å². The van der Waals surface area contributed by atoms with Gasteiger partial charge in [0.2, 0.25) is 0 Å². The number of hydrogen-bond acceptors (Lipinski definition) is 7. The normalized spacial score (nSPS) is 14.1. The Balaban J connectivity index is 2.43. The summed E-state index contributed by atoms with van der Waals surface area (Å²) in [4.78, 5) is 35.6. The predicted molar refractivity (Wildman–Crippen MR) is 79.4 cm³/mol. The lowest BCUT2D eigenvalue weighted by Gasteiger charge is -2.15. The van der Waals surface area contributed by atoms with Crippen LogP contribution in [0.2, 0.25) is 0 Å². The molecule has 10 heteroatoms. The van der Waals surface area contributed by atoms with Crippen molar-refractivity contribution in [2.75, 3.05) is 32.1 Å². The van der Waals surface area contributed by atoms with Gasteiger partial charge in [-0.1, -0.05) is 0 Å². The first-order chi connectivity index (χ1) is 11.4. The Labute approximate surface area is 135 Å². The van der Waals surface area contributed by atoms with Crippen molar-refractivity contribution in [1.82, 2.24) is 4.90 Å². The number of rotatable bonds is 6. The number of β-amino-alcohol motifs (C(OH)–C–C–N with tert-alkyl or cyclic N) is 1. The topological polar surface area (TPSA) is 122 Å². The molecule has 0 aliphatic carbocycles. The monoisotopic (exact) mass is 339 g/mol. The van der Waals surface area contributed by atoms with Gasteiger partial charge in [0.15, 0.2) is 0 Å². The molecule has 1 heterocycles. The van der Waals surface area contributed by atoms with Crippen LogP contribution in [0.4, 0.5) is 15.8 Å². The number of carbonyl (C=O) groups is 2. The van der Waals surface area contributed by atoms with Gasteiger partial charge >= 0.3 is 5.97 Å². The van der Waals surface area contributed by atoms with Crippen molar-refractivity contribution in [3.8, 4) is 0 Å². The summed E-state index contributed by atoms with van der Waals surface area (Å²) >= 11 is 0. The molecule has 1 aromatic rings. The zero-order valence-electron chi connectivity index (χ0n) is 12.6. The fourth-order valence-corrected chi connectivity index (χ4v) is 2.25. The third-order valence-corrected chi connectivity index (χ3v) is 3.37. The molecule has 0 atom stereocenters. The van der Waals surface area contributed by atoms with Crippen molar-refractivity contribution in [2.45, 2.75) is 0 Å². The Hall–Kier alpha value is -3.01. The third-order valence-electron chi connectivity index (χ3n) is 3.37. The summed E-state index contributed by atoms with van der Waals surface area (Å²) in [6, 6.07) is 2.78. The molecule has 0 radical (unpaired) electrons. The van der Waals surface area contributed by atoms with Crippen LogP contribution in [0.1, 0.15) is 0 Å². The first-order valence-corrected chi connectivity index (χ1v) is 6.81. The first-order valence-electron chi connectivity index (χ1n) is 6.81. The maximum atomic E-state index is 13.2.